The van der Waals surface area contributed by atoms with Crippen molar-refractivity contribution < 1.29 is 0 Å². The second kappa shape index (κ2) is 7.70. The molecule has 0 radical (unpaired) electrons. The number of unbranched alkanes of at least 4 members (excludes halogenated alkanes) is 1. The fraction of sp³-hybridized carbons (Fsp3) is 0.263. The van der Waals surface area contributed by atoms with E-state index in [1.807, 2.05) is 35.0 Å². The standard InChI is InChI=1S/C19H20N6S/c1-2-3-6-15-8-10-17(11-9-15)25-19(21-22-23-25)26-14-16-13-24-12-5-4-7-18(24)20-16/h4-5,7-13H,2-3,6,14H2,1H3. The van der Waals surface area contributed by atoms with Gasteiger partial charge in [-0.05, 0) is 53.1 Å². The Morgan fingerprint density at radius 3 is 2.77 bits per heavy atom. The monoisotopic (exact) mass is 364 g/mol. The van der Waals surface area contributed by atoms with Crippen molar-refractivity contribution in [1.82, 2.24) is 29.6 Å². The molecule has 1 aromatic carbocycles. The van der Waals surface area contributed by atoms with Gasteiger partial charge in [0.25, 0.3) is 0 Å². The first-order valence-corrected chi connectivity index (χ1v) is 9.75. The SMILES string of the molecule is CCCCc1ccc(-n2nnnc2SCc2cn3ccccc3n2)cc1. The van der Waals surface area contributed by atoms with Crippen LogP contribution < -0.4 is 0 Å². The molecule has 0 spiro atoms. The average Bonchev–Trinajstić information content (AvgIpc) is 3.31. The Morgan fingerprint density at radius 1 is 1.08 bits per heavy atom. The van der Waals surface area contributed by atoms with Crippen LogP contribution in [0.2, 0.25) is 0 Å². The molecule has 7 heteroatoms. The van der Waals surface area contributed by atoms with Gasteiger partial charge in [-0.15, -0.1) is 5.10 Å². The third-order valence-corrected chi connectivity index (χ3v) is 5.16. The molecule has 0 saturated heterocycles. The highest BCUT2D eigenvalue weighted by Gasteiger charge is 2.10. The largest absolute Gasteiger partial charge is 0.307 e. The first kappa shape index (κ1) is 16.8. The van der Waals surface area contributed by atoms with Crippen molar-refractivity contribution in [3.63, 3.8) is 0 Å². The van der Waals surface area contributed by atoms with E-state index < -0.39 is 0 Å². The van der Waals surface area contributed by atoms with Crippen LogP contribution in [0, 0.1) is 0 Å². The minimum Gasteiger partial charge on any atom is -0.307 e. The van der Waals surface area contributed by atoms with Gasteiger partial charge in [0.05, 0.1) is 11.4 Å². The van der Waals surface area contributed by atoms with Gasteiger partial charge in [-0.3, -0.25) is 0 Å². The van der Waals surface area contributed by atoms with Crippen LogP contribution >= 0.6 is 11.8 Å². The summed E-state index contributed by atoms with van der Waals surface area (Å²) < 4.78 is 3.80. The molecule has 0 saturated carbocycles. The summed E-state index contributed by atoms with van der Waals surface area (Å²) in [5.74, 6) is 0.719. The fourth-order valence-electron chi connectivity index (χ4n) is 2.81. The lowest BCUT2D eigenvalue weighted by Crippen LogP contribution is -1.99. The van der Waals surface area contributed by atoms with Gasteiger partial charge in [-0.2, -0.15) is 4.68 Å². The predicted octanol–water partition coefficient (Wildman–Crippen LogP) is 3.94. The first-order valence-electron chi connectivity index (χ1n) is 8.76. The molecule has 26 heavy (non-hydrogen) atoms. The molecule has 0 aliphatic heterocycles. The molecule has 0 aliphatic rings. The molecule has 6 nitrogen and oxygen atoms in total. The Labute approximate surface area is 156 Å². The van der Waals surface area contributed by atoms with E-state index in [0.29, 0.717) is 0 Å². The topological polar surface area (TPSA) is 60.9 Å². The van der Waals surface area contributed by atoms with Gasteiger partial charge in [-0.25, -0.2) is 4.98 Å². The van der Waals surface area contributed by atoms with Crippen LogP contribution in [-0.4, -0.2) is 29.6 Å². The second-order valence-corrected chi connectivity index (χ2v) is 7.07. The van der Waals surface area contributed by atoms with E-state index in [-0.39, 0.29) is 0 Å². The second-order valence-electron chi connectivity index (χ2n) is 6.13. The lowest BCUT2D eigenvalue weighted by Gasteiger charge is -2.05. The van der Waals surface area contributed by atoms with Gasteiger partial charge in [0.2, 0.25) is 5.16 Å². The molecule has 0 unspecified atom stereocenters. The third kappa shape index (κ3) is 3.62. The number of fused-ring (bicyclic) bond motifs is 1. The highest BCUT2D eigenvalue weighted by atomic mass is 32.2. The summed E-state index contributed by atoms with van der Waals surface area (Å²) in [5, 5.41) is 12.9. The molecule has 0 bridgehead atoms. The molecule has 0 N–H and O–H groups in total. The zero-order valence-electron chi connectivity index (χ0n) is 14.6. The predicted molar refractivity (Wildman–Crippen MR) is 103 cm³/mol. The molecule has 0 atom stereocenters. The van der Waals surface area contributed by atoms with Crippen molar-refractivity contribution in [2.45, 2.75) is 37.1 Å². The van der Waals surface area contributed by atoms with Gasteiger partial charge in [-0.1, -0.05) is 43.3 Å². The van der Waals surface area contributed by atoms with Crippen molar-refractivity contribution in [2.75, 3.05) is 0 Å². The van der Waals surface area contributed by atoms with Crippen LogP contribution in [0.1, 0.15) is 31.0 Å². The van der Waals surface area contributed by atoms with Crippen LogP contribution in [0.25, 0.3) is 11.3 Å². The van der Waals surface area contributed by atoms with E-state index in [2.05, 4.69) is 51.7 Å². The molecular formula is C19H20N6S. The summed E-state index contributed by atoms with van der Waals surface area (Å²) in [6.45, 7) is 2.21. The quantitative estimate of drug-likeness (QED) is 0.465. The minimum absolute atomic E-state index is 0.719. The summed E-state index contributed by atoms with van der Waals surface area (Å²) in [6, 6.07) is 14.5. The molecule has 0 amide bonds. The van der Waals surface area contributed by atoms with Crippen molar-refractivity contribution >= 4 is 17.4 Å². The maximum atomic E-state index is 4.62. The van der Waals surface area contributed by atoms with E-state index in [4.69, 9.17) is 0 Å². The Kier molecular flexibility index (Phi) is 4.97. The Morgan fingerprint density at radius 2 is 1.96 bits per heavy atom. The number of hydrogen-bond acceptors (Lipinski definition) is 5. The number of benzene rings is 1. The summed E-state index contributed by atoms with van der Waals surface area (Å²) >= 11 is 1.59. The Balaban J connectivity index is 1.48. The van der Waals surface area contributed by atoms with Crippen LogP contribution in [0.15, 0.2) is 60.0 Å². The van der Waals surface area contributed by atoms with E-state index >= 15 is 0 Å². The highest BCUT2D eigenvalue weighted by molar-refractivity contribution is 7.98. The van der Waals surface area contributed by atoms with Crippen molar-refractivity contribution in [2.24, 2.45) is 0 Å². The smallest absolute Gasteiger partial charge is 0.214 e. The van der Waals surface area contributed by atoms with Gasteiger partial charge in [0, 0.05) is 18.1 Å². The molecular weight excluding hydrogens is 344 g/mol. The van der Waals surface area contributed by atoms with Crippen LogP contribution in [0.5, 0.6) is 0 Å². The number of imidazole rings is 1. The number of aryl methyl sites for hydroxylation is 1. The number of thioether (sulfide) groups is 1. The highest BCUT2D eigenvalue weighted by Crippen LogP contribution is 2.22. The minimum atomic E-state index is 0.719. The summed E-state index contributed by atoms with van der Waals surface area (Å²) in [7, 11) is 0. The third-order valence-electron chi connectivity index (χ3n) is 4.20. The van der Waals surface area contributed by atoms with Crippen LogP contribution in [-0.2, 0) is 12.2 Å². The molecule has 132 valence electrons. The zero-order chi connectivity index (χ0) is 17.8. The zero-order valence-corrected chi connectivity index (χ0v) is 15.4. The van der Waals surface area contributed by atoms with Gasteiger partial charge in [0.1, 0.15) is 5.65 Å². The maximum absolute atomic E-state index is 4.62. The molecule has 0 fully saturated rings. The lowest BCUT2D eigenvalue weighted by molar-refractivity contribution is 0.754. The molecule has 0 aliphatic carbocycles. The normalized spacial score (nSPS) is 11.3. The fourth-order valence-corrected chi connectivity index (χ4v) is 3.59. The number of nitrogens with zero attached hydrogens (tertiary/aromatic N) is 6. The summed E-state index contributed by atoms with van der Waals surface area (Å²) in [4.78, 5) is 4.62. The van der Waals surface area contributed by atoms with Gasteiger partial charge < -0.3 is 4.40 Å². The number of rotatable bonds is 7. The number of tetrazole rings is 1. The first-order chi connectivity index (χ1) is 12.8. The lowest BCUT2D eigenvalue weighted by atomic mass is 10.1. The maximum Gasteiger partial charge on any atom is 0.214 e. The molecule has 4 aromatic rings. The Bertz CT molecular complexity index is 956. The molecule has 4 rings (SSSR count). The van der Waals surface area contributed by atoms with Crippen molar-refractivity contribution in [3.8, 4) is 5.69 Å². The molecule has 3 heterocycles. The number of aromatic nitrogens is 6. The van der Waals surface area contributed by atoms with Crippen LogP contribution in [0.4, 0.5) is 0 Å². The van der Waals surface area contributed by atoms with E-state index in [1.54, 1.807) is 16.4 Å². The van der Waals surface area contributed by atoms with E-state index in [0.717, 1.165) is 34.4 Å². The number of hydrogen-bond donors (Lipinski definition) is 0. The molecule has 3 aromatic heterocycles. The Hall–Kier alpha value is -2.67. The van der Waals surface area contributed by atoms with Crippen molar-refractivity contribution in [3.05, 3.63) is 66.1 Å². The van der Waals surface area contributed by atoms with Gasteiger partial charge >= 0.3 is 0 Å². The van der Waals surface area contributed by atoms with Gasteiger partial charge in [0.15, 0.2) is 0 Å². The van der Waals surface area contributed by atoms with Crippen molar-refractivity contribution in [1.29, 1.82) is 0 Å². The summed E-state index contributed by atoms with van der Waals surface area (Å²) in [5.41, 5.74) is 4.28. The van der Waals surface area contributed by atoms with E-state index in [1.165, 1.54) is 18.4 Å². The average molecular weight is 364 g/mol. The number of pyridine rings is 1. The summed E-state index contributed by atoms with van der Waals surface area (Å²) in [6.07, 6.45) is 7.57. The van der Waals surface area contributed by atoms with E-state index in [9.17, 15) is 0 Å². The van der Waals surface area contributed by atoms with Crippen LogP contribution in [0.3, 0.4) is 0 Å².